The van der Waals surface area contributed by atoms with Crippen LogP contribution in [-0.4, -0.2) is 20.5 Å². The summed E-state index contributed by atoms with van der Waals surface area (Å²) < 4.78 is 32.8. The van der Waals surface area contributed by atoms with Gasteiger partial charge in [-0.05, 0) is 35.0 Å². The molecule has 0 aliphatic carbocycles. The minimum Gasteiger partial charge on any atom is -0.495 e. The van der Waals surface area contributed by atoms with Crippen molar-refractivity contribution in [1.29, 1.82) is 0 Å². The van der Waals surface area contributed by atoms with Crippen LogP contribution in [0.25, 0.3) is 0 Å². The Morgan fingerprint density at radius 3 is 2.70 bits per heavy atom. The molecule has 6 nitrogen and oxygen atoms in total. The van der Waals surface area contributed by atoms with Crippen molar-refractivity contribution >= 4 is 48.1 Å². The van der Waals surface area contributed by atoms with E-state index in [2.05, 4.69) is 25.6 Å². The van der Waals surface area contributed by atoms with Crippen molar-refractivity contribution in [3.8, 4) is 5.75 Å². The molecule has 9 heteroatoms. The first-order valence-corrected chi connectivity index (χ1v) is 8.51. The van der Waals surface area contributed by atoms with Crippen LogP contribution in [-0.2, 0) is 10.0 Å². The van der Waals surface area contributed by atoms with Crippen molar-refractivity contribution in [2.75, 3.05) is 17.6 Å². The number of thiazole rings is 1. The fraction of sp³-hybridized carbons (Fsp3) is 0.182. The van der Waals surface area contributed by atoms with Gasteiger partial charge in [-0.2, -0.15) is 0 Å². The summed E-state index contributed by atoms with van der Waals surface area (Å²) in [5.74, 6) is 0.201. The first-order chi connectivity index (χ1) is 9.33. The Bertz CT molecular complexity index is 743. The number of nitrogens with one attached hydrogen (secondary N) is 1. The average Bonchev–Trinajstić information content (AvgIpc) is 2.76. The number of nitrogen functional groups attached to an aromatic ring is 1. The van der Waals surface area contributed by atoms with Crippen molar-refractivity contribution in [2.24, 2.45) is 0 Å². The quantitative estimate of drug-likeness (QED) is 0.798. The van der Waals surface area contributed by atoms with Crippen LogP contribution in [0.2, 0.25) is 0 Å². The summed E-state index contributed by atoms with van der Waals surface area (Å²) in [6, 6.07) is 2.85. The normalized spacial score (nSPS) is 11.3. The summed E-state index contributed by atoms with van der Waals surface area (Å²) >= 11 is 4.47. The topological polar surface area (TPSA) is 94.3 Å². The van der Waals surface area contributed by atoms with Crippen LogP contribution < -0.4 is 15.2 Å². The van der Waals surface area contributed by atoms with Gasteiger partial charge in [0, 0.05) is 21.2 Å². The molecule has 108 valence electrons. The van der Waals surface area contributed by atoms with Crippen LogP contribution in [0.15, 0.2) is 27.7 Å². The van der Waals surface area contributed by atoms with Gasteiger partial charge in [0.1, 0.15) is 10.6 Å². The lowest BCUT2D eigenvalue weighted by Crippen LogP contribution is -2.14. The Balaban J connectivity index is 2.46. The lowest BCUT2D eigenvalue weighted by Gasteiger charge is -2.11. The fourth-order valence-electron chi connectivity index (χ4n) is 1.49. The van der Waals surface area contributed by atoms with E-state index in [9.17, 15) is 8.42 Å². The second-order valence-corrected chi connectivity index (χ2v) is 7.65. The zero-order chi connectivity index (χ0) is 14.9. The van der Waals surface area contributed by atoms with Gasteiger partial charge in [-0.15, -0.1) is 11.3 Å². The predicted molar refractivity (Wildman–Crippen MR) is 82.8 cm³/mol. The van der Waals surface area contributed by atoms with Gasteiger partial charge in [-0.3, -0.25) is 4.72 Å². The highest BCUT2D eigenvalue weighted by molar-refractivity contribution is 9.10. The average molecular weight is 378 g/mol. The maximum atomic E-state index is 12.4. The molecule has 1 aromatic carbocycles. The number of benzene rings is 1. The number of rotatable bonds is 4. The lowest BCUT2D eigenvalue weighted by molar-refractivity contribution is 0.402. The molecule has 0 aliphatic heterocycles. The van der Waals surface area contributed by atoms with Gasteiger partial charge in [-0.1, -0.05) is 0 Å². The van der Waals surface area contributed by atoms with E-state index >= 15 is 0 Å². The molecule has 0 bridgehead atoms. The molecule has 0 spiro atoms. The standard InChI is InChI=1S/C11H12BrN3O3S2/c1-6-5-14-11(19-6)15-20(16,17)10-4-8(13)7(12)3-9(10)18-2/h3-5H,13H2,1-2H3,(H,14,15). The Hall–Kier alpha value is -1.32. The Morgan fingerprint density at radius 2 is 2.15 bits per heavy atom. The Morgan fingerprint density at radius 1 is 1.45 bits per heavy atom. The molecule has 0 saturated heterocycles. The van der Waals surface area contributed by atoms with Gasteiger partial charge in [-0.25, -0.2) is 13.4 Å². The number of ether oxygens (including phenoxy) is 1. The number of nitrogens with zero attached hydrogens (tertiary/aromatic N) is 1. The van der Waals surface area contributed by atoms with Crippen LogP contribution in [0, 0.1) is 6.92 Å². The summed E-state index contributed by atoms with van der Waals surface area (Å²) in [5, 5.41) is 0.297. The SMILES string of the molecule is COc1cc(Br)c(N)cc1S(=O)(=O)Nc1ncc(C)s1. The van der Waals surface area contributed by atoms with E-state index in [1.807, 2.05) is 6.92 Å². The highest BCUT2D eigenvalue weighted by Gasteiger charge is 2.22. The zero-order valence-electron chi connectivity index (χ0n) is 10.7. The summed E-state index contributed by atoms with van der Waals surface area (Å²) in [5.41, 5.74) is 6.04. The number of nitrogens with two attached hydrogens (primary N) is 1. The smallest absolute Gasteiger partial charge is 0.267 e. The van der Waals surface area contributed by atoms with E-state index in [0.717, 1.165) is 4.88 Å². The van der Waals surface area contributed by atoms with Crippen LogP contribution in [0.3, 0.4) is 0 Å². The molecule has 0 radical (unpaired) electrons. The molecule has 20 heavy (non-hydrogen) atoms. The summed E-state index contributed by atoms with van der Waals surface area (Å²) in [7, 11) is -2.42. The van der Waals surface area contributed by atoms with E-state index in [1.165, 1.54) is 30.6 Å². The third-order valence-electron chi connectivity index (χ3n) is 2.42. The molecule has 0 aliphatic rings. The number of aryl methyl sites for hydroxylation is 1. The number of anilines is 2. The van der Waals surface area contributed by atoms with Crippen molar-refractivity contribution < 1.29 is 13.2 Å². The maximum Gasteiger partial charge on any atom is 0.267 e. The largest absolute Gasteiger partial charge is 0.495 e. The molecule has 0 saturated carbocycles. The maximum absolute atomic E-state index is 12.4. The molecule has 0 fully saturated rings. The van der Waals surface area contributed by atoms with Gasteiger partial charge in [0.2, 0.25) is 0 Å². The first kappa shape index (κ1) is 15.1. The van der Waals surface area contributed by atoms with Crippen molar-refractivity contribution in [1.82, 2.24) is 4.98 Å². The van der Waals surface area contributed by atoms with Gasteiger partial charge < -0.3 is 10.5 Å². The van der Waals surface area contributed by atoms with Crippen molar-refractivity contribution in [2.45, 2.75) is 11.8 Å². The second kappa shape index (κ2) is 5.58. The molecule has 1 heterocycles. The molecular weight excluding hydrogens is 366 g/mol. The molecule has 2 aromatic rings. The molecule has 3 N–H and O–H groups in total. The van der Waals surface area contributed by atoms with E-state index in [1.54, 1.807) is 6.20 Å². The first-order valence-electron chi connectivity index (χ1n) is 5.42. The molecule has 0 amide bonds. The number of halogens is 1. The molecule has 2 rings (SSSR count). The summed E-state index contributed by atoms with van der Waals surface area (Å²) in [4.78, 5) is 4.84. The van der Waals surface area contributed by atoms with Crippen LogP contribution in [0.5, 0.6) is 5.75 Å². The number of aromatic nitrogens is 1. The van der Waals surface area contributed by atoms with Gasteiger partial charge >= 0.3 is 0 Å². The number of methoxy groups -OCH3 is 1. The van der Waals surface area contributed by atoms with E-state index in [-0.39, 0.29) is 10.6 Å². The summed E-state index contributed by atoms with van der Waals surface area (Å²) in [6.07, 6.45) is 1.59. The highest BCUT2D eigenvalue weighted by atomic mass is 79.9. The minimum absolute atomic E-state index is 0.0337. The molecular formula is C11H12BrN3O3S2. The molecule has 0 unspecified atom stereocenters. The monoisotopic (exact) mass is 377 g/mol. The Kier molecular flexibility index (Phi) is 4.21. The lowest BCUT2D eigenvalue weighted by atomic mass is 10.3. The number of hydrogen-bond acceptors (Lipinski definition) is 6. The van der Waals surface area contributed by atoms with E-state index in [0.29, 0.717) is 15.3 Å². The van der Waals surface area contributed by atoms with Gasteiger partial charge in [0.25, 0.3) is 10.0 Å². The molecule has 1 aromatic heterocycles. The zero-order valence-corrected chi connectivity index (χ0v) is 13.9. The van der Waals surface area contributed by atoms with Gasteiger partial charge in [0.05, 0.1) is 7.11 Å². The Labute approximate surface area is 129 Å². The highest BCUT2D eigenvalue weighted by Crippen LogP contribution is 2.33. The predicted octanol–water partition coefficient (Wildman–Crippen LogP) is 2.61. The molecule has 0 atom stereocenters. The van der Waals surface area contributed by atoms with Crippen molar-refractivity contribution in [3.05, 3.63) is 27.7 Å². The van der Waals surface area contributed by atoms with E-state index < -0.39 is 10.0 Å². The fourth-order valence-corrected chi connectivity index (χ4v) is 3.91. The third-order valence-corrected chi connectivity index (χ3v) is 5.42. The van der Waals surface area contributed by atoms with Crippen LogP contribution in [0.1, 0.15) is 4.88 Å². The van der Waals surface area contributed by atoms with Crippen LogP contribution >= 0.6 is 27.3 Å². The number of sulfonamides is 1. The van der Waals surface area contributed by atoms with Crippen molar-refractivity contribution in [3.63, 3.8) is 0 Å². The second-order valence-electron chi connectivity index (χ2n) is 3.91. The van der Waals surface area contributed by atoms with Gasteiger partial charge in [0.15, 0.2) is 5.13 Å². The van der Waals surface area contributed by atoms with Crippen LogP contribution in [0.4, 0.5) is 10.8 Å². The third kappa shape index (κ3) is 3.05. The minimum atomic E-state index is -3.81. The number of hydrogen-bond donors (Lipinski definition) is 2. The van der Waals surface area contributed by atoms with E-state index in [4.69, 9.17) is 10.5 Å². The summed E-state index contributed by atoms with van der Waals surface area (Å²) in [6.45, 7) is 1.84.